The molecule has 0 bridgehead atoms. The van der Waals surface area contributed by atoms with Crippen molar-refractivity contribution in [1.29, 1.82) is 0 Å². The zero-order valence-electron chi connectivity index (χ0n) is 11.5. The van der Waals surface area contributed by atoms with E-state index in [1.54, 1.807) is 6.07 Å². The summed E-state index contributed by atoms with van der Waals surface area (Å²) < 4.78 is 5.68. The highest BCUT2D eigenvalue weighted by molar-refractivity contribution is 6.35. The van der Waals surface area contributed by atoms with Crippen molar-refractivity contribution in [3.8, 4) is 5.75 Å². The monoisotopic (exact) mass is 309 g/mol. The first-order valence-electron chi connectivity index (χ1n) is 6.48. The third kappa shape index (κ3) is 4.62. The van der Waals surface area contributed by atoms with Crippen LogP contribution in [0.25, 0.3) is 0 Å². The predicted octanol–water partition coefficient (Wildman–Crippen LogP) is 5.39. The van der Waals surface area contributed by atoms with Gasteiger partial charge in [-0.05, 0) is 49.7 Å². The first-order valence-corrected chi connectivity index (χ1v) is 7.24. The van der Waals surface area contributed by atoms with E-state index in [1.165, 1.54) is 0 Å². The second-order valence-electron chi connectivity index (χ2n) is 4.83. The van der Waals surface area contributed by atoms with Crippen LogP contribution in [0.3, 0.4) is 0 Å². The summed E-state index contributed by atoms with van der Waals surface area (Å²) in [4.78, 5) is 0. The van der Waals surface area contributed by atoms with Crippen LogP contribution in [-0.4, -0.2) is 6.10 Å². The number of benzene rings is 2. The van der Waals surface area contributed by atoms with Crippen LogP contribution >= 0.6 is 23.2 Å². The van der Waals surface area contributed by atoms with Gasteiger partial charge in [0.2, 0.25) is 0 Å². The smallest absolute Gasteiger partial charge is 0.120 e. The summed E-state index contributed by atoms with van der Waals surface area (Å²) in [5, 5.41) is 4.54. The Balaban J connectivity index is 2.03. The first kappa shape index (κ1) is 15.0. The summed E-state index contributed by atoms with van der Waals surface area (Å²) in [5.41, 5.74) is 2.04. The number of hydrogen-bond donors (Lipinski definition) is 1. The Kier molecular flexibility index (Phi) is 5.16. The quantitative estimate of drug-likeness (QED) is 0.799. The molecular weight excluding hydrogens is 293 g/mol. The van der Waals surface area contributed by atoms with E-state index in [-0.39, 0.29) is 6.10 Å². The second kappa shape index (κ2) is 6.87. The molecule has 2 nitrogen and oxygen atoms in total. The zero-order valence-corrected chi connectivity index (χ0v) is 13.0. The van der Waals surface area contributed by atoms with E-state index in [4.69, 9.17) is 27.9 Å². The largest absolute Gasteiger partial charge is 0.491 e. The van der Waals surface area contributed by atoms with Crippen molar-refractivity contribution in [3.05, 3.63) is 58.1 Å². The topological polar surface area (TPSA) is 21.3 Å². The van der Waals surface area contributed by atoms with Crippen LogP contribution in [0.5, 0.6) is 5.75 Å². The average Bonchev–Trinajstić information content (AvgIpc) is 2.35. The molecule has 20 heavy (non-hydrogen) atoms. The standard InChI is InChI=1S/C16H17Cl2NO/c1-11(2)20-16-5-3-4-12(6-16)10-19-15-8-13(17)7-14(18)9-15/h3-9,11,19H,10H2,1-2H3. The van der Waals surface area contributed by atoms with Crippen LogP contribution in [0.1, 0.15) is 19.4 Å². The molecule has 106 valence electrons. The Labute approximate surface area is 129 Å². The highest BCUT2D eigenvalue weighted by Gasteiger charge is 2.01. The summed E-state index contributed by atoms with van der Waals surface area (Å²) in [6, 6.07) is 13.4. The van der Waals surface area contributed by atoms with Crippen LogP contribution in [0.4, 0.5) is 5.69 Å². The van der Waals surface area contributed by atoms with Crippen LogP contribution in [0.2, 0.25) is 10.0 Å². The summed E-state index contributed by atoms with van der Waals surface area (Å²) in [6.07, 6.45) is 0.171. The third-order valence-electron chi connectivity index (χ3n) is 2.63. The number of anilines is 1. The number of ether oxygens (including phenoxy) is 1. The highest BCUT2D eigenvalue weighted by Crippen LogP contribution is 2.23. The van der Waals surface area contributed by atoms with Crippen molar-refractivity contribution in [1.82, 2.24) is 0 Å². The fraction of sp³-hybridized carbons (Fsp3) is 0.250. The Morgan fingerprint density at radius 2 is 1.75 bits per heavy atom. The predicted molar refractivity (Wildman–Crippen MR) is 86.0 cm³/mol. The number of halogens is 2. The molecular formula is C16H17Cl2NO. The molecule has 1 N–H and O–H groups in total. The van der Waals surface area contributed by atoms with E-state index in [0.29, 0.717) is 16.6 Å². The van der Waals surface area contributed by atoms with Crippen molar-refractivity contribution in [3.63, 3.8) is 0 Å². The molecule has 0 amide bonds. The van der Waals surface area contributed by atoms with Gasteiger partial charge in [0.05, 0.1) is 6.10 Å². The van der Waals surface area contributed by atoms with Crippen molar-refractivity contribution in [2.75, 3.05) is 5.32 Å². The minimum Gasteiger partial charge on any atom is -0.491 e. The molecule has 2 rings (SSSR count). The van der Waals surface area contributed by atoms with E-state index >= 15 is 0 Å². The Morgan fingerprint density at radius 3 is 2.40 bits per heavy atom. The van der Waals surface area contributed by atoms with Gasteiger partial charge in [0.25, 0.3) is 0 Å². The Bertz CT molecular complexity index is 564. The van der Waals surface area contributed by atoms with Gasteiger partial charge >= 0.3 is 0 Å². The van der Waals surface area contributed by atoms with Crippen molar-refractivity contribution >= 4 is 28.9 Å². The molecule has 0 aliphatic heterocycles. The molecule has 0 unspecified atom stereocenters. The fourth-order valence-electron chi connectivity index (χ4n) is 1.86. The lowest BCUT2D eigenvalue weighted by Gasteiger charge is -2.12. The molecule has 0 aliphatic carbocycles. The lowest BCUT2D eigenvalue weighted by Crippen LogP contribution is -2.06. The maximum Gasteiger partial charge on any atom is 0.120 e. The highest BCUT2D eigenvalue weighted by atomic mass is 35.5. The minimum atomic E-state index is 0.171. The number of nitrogens with one attached hydrogen (secondary N) is 1. The van der Waals surface area contributed by atoms with E-state index in [0.717, 1.165) is 17.0 Å². The molecule has 0 aromatic heterocycles. The summed E-state index contributed by atoms with van der Waals surface area (Å²) >= 11 is 11.9. The molecule has 0 fully saturated rings. The fourth-order valence-corrected chi connectivity index (χ4v) is 2.39. The summed E-state index contributed by atoms with van der Waals surface area (Å²) in [7, 11) is 0. The number of rotatable bonds is 5. The molecule has 4 heteroatoms. The first-order chi connectivity index (χ1) is 9.52. The lowest BCUT2D eigenvalue weighted by molar-refractivity contribution is 0.242. The summed E-state index contributed by atoms with van der Waals surface area (Å²) in [6.45, 7) is 4.71. The average molecular weight is 310 g/mol. The van der Waals surface area contributed by atoms with Gasteiger partial charge in [0.1, 0.15) is 5.75 Å². The Hall–Kier alpha value is -1.38. The molecule has 2 aromatic carbocycles. The van der Waals surface area contributed by atoms with Gasteiger partial charge in [-0.2, -0.15) is 0 Å². The van der Waals surface area contributed by atoms with Crippen molar-refractivity contribution < 1.29 is 4.74 Å². The normalized spacial score (nSPS) is 10.7. The lowest BCUT2D eigenvalue weighted by atomic mass is 10.2. The molecule has 2 aromatic rings. The van der Waals surface area contributed by atoms with Gasteiger partial charge in [-0.1, -0.05) is 35.3 Å². The van der Waals surface area contributed by atoms with Crippen LogP contribution < -0.4 is 10.1 Å². The zero-order chi connectivity index (χ0) is 14.5. The van der Waals surface area contributed by atoms with E-state index in [9.17, 15) is 0 Å². The molecule has 0 radical (unpaired) electrons. The second-order valence-corrected chi connectivity index (χ2v) is 5.70. The molecule has 0 spiro atoms. The van der Waals surface area contributed by atoms with E-state index in [2.05, 4.69) is 5.32 Å². The van der Waals surface area contributed by atoms with Gasteiger partial charge in [0.15, 0.2) is 0 Å². The van der Waals surface area contributed by atoms with E-state index < -0.39 is 0 Å². The number of hydrogen-bond acceptors (Lipinski definition) is 2. The molecule has 0 aliphatic rings. The van der Waals surface area contributed by atoms with Crippen molar-refractivity contribution in [2.24, 2.45) is 0 Å². The SMILES string of the molecule is CC(C)Oc1cccc(CNc2cc(Cl)cc(Cl)c2)c1. The minimum absolute atomic E-state index is 0.171. The van der Waals surface area contributed by atoms with Crippen molar-refractivity contribution in [2.45, 2.75) is 26.5 Å². The molecule has 0 saturated heterocycles. The maximum atomic E-state index is 5.97. The maximum absolute atomic E-state index is 5.97. The van der Waals surface area contributed by atoms with Crippen LogP contribution in [0.15, 0.2) is 42.5 Å². The van der Waals surface area contributed by atoms with Gasteiger partial charge in [-0.3, -0.25) is 0 Å². The Morgan fingerprint density at radius 1 is 1.05 bits per heavy atom. The van der Waals surface area contributed by atoms with Crippen LogP contribution in [0, 0.1) is 0 Å². The van der Waals surface area contributed by atoms with Gasteiger partial charge in [0, 0.05) is 22.3 Å². The summed E-state index contributed by atoms with van der Waals surface area (Å²) in [5.74, 6) is 0.878. The molecule has 0 heterocycles. The van der Waals surface area contributed by atoms with Gasteiger partial charge in [-0.25, -0.2) is 0 Å². The van der Waals surface area contributed by atoms with Gasteiger partial charge < -0.3 is 10.1 Å². The van der Waals surface area contributed by atoms with Crippen LogP contribution in [-0.2, 0) is 6.54 Å². The third-order valence-corrected chi connectivity index (χ3v) is 3.07. The molecule has 0 atom stereocenters. The van der Waals surface area contributed by atoms with E-state index in [1.807, 2.05) is 50.2 Å². The van der Waals surface area contributed by atoms with Gasteiger partial charge in [-0.15, -0.1) is 0 Å². The molecule has 0 saturated carbocycles.